The molecule has 4 aromatic heterocycles. The third-order valence-electron chi connectivity index (χ3n) is 10.2. The fraction of sp³-hybridized carbons (Fsp3) is 0. The summed E-state index contributed by atoms with van der Waals surface area (Å²) in [6.07, 6.45) is 2.22. The topological polar surface area (TPSA) is 35.6 Å². The third kappa shape index (κ3) is 4.19. The van der Waals surface area contributed by atoms with Crippen LogP contribution in [0.25, 0.3) is 97.8 Å². The molecule has 11 rings (SSSR count). The van der Waals surface area contributed by atoms with Gasteiger partial charge in [-0.2, -0.15) is 0 Å². The maximum atomic E-state index is 5.48. The molecule has 238 valence electrons. The van der Waals surface area contributed by atoms with Crippen LogP contribution in [0.4, 0.5) is 0 Å². The lowest BCUT2D eigenvalue weighted by molar-refractivity contribution is 1.02. The fourth-order valence-electron chi connectivity index (χ4n) is 7.91. The van der Waals surface area contributed by atoms with E-state index in [1.807, 2.05) is 11.3 Å². The van der Waals surface area contributed by atoms with Gasteiger partial charge in [0.25, 0.3) is 0 Å². The van der Waals surface area contributed by atoms with E-state index in [-0.39, 0.29) is 0 Å². The van der Waals surface area contributed by atoms with Crippen LogP contribution in [0.2, 0.25) is 0 Å². The molecule has 0 saturated carbocycles. The predicted octanol–water partition coefficient (Wildman–Crippen LogP) is 12.4. The van der Waals surface area contributed by atoms with Gasteiger partial charge in [-0.15, -0.1) is 11.3 Å². The number of para-hydroxylation sites is 3. The quantitative estimate of drug-likeness (QED) is 0.187. The zero-order valence-corrected chi connectivity index (χ0v) is 28.2. The zero-order valence-electron chi connectivity index (χ0n) is 27.4. The monoisotopic (exact) mass is 668 g/mol. The summed E-state index contributed by atoms with van der Waals surface area (Å²) in [7, 11) is 0. The highest BCUT2D eigenvalue weighted by molar-refractivity contribution is 7.27. The number of fused-ring (bicyclic) bond motifs is 11. The first-order chi connectivity index (χ1) is 25.3. The van der Waals surface area contributed by atoms with E-state index in [1.165, 1.54) is 53.0 Å². The third-order valence-corrected chi connectivity index (χ3v) is 11.3. The minimum Gasteiger partial charge on any atom is -0.316 e. The zero-order chi connectivity index (χ0) is 33.5. The molecule has 0 bridgehead atoms. The Morgan fingerprint density at radius 1 is 0.451 bits per heavy atom. The largest absolute Gasteiger partial charge is 0.316 e. The number of thiophene rings is 1. The fourth-order valence-corrected chi connectivity index (χ4v) is 9.17. The van der Waals surface area contributed by atoms with Gasteiger partial charge in [-0.3, -0.25) is 4.57 Å². The van der Waals surface area contributed by atoms with Gasteiger partial charge in [-0.25, -0.2) is 9.97 Å². The Morgan fingerprint density at radius 3 is 1.92 bits per heavy atom. The lowest BCUT2D eigenvalue weighted by Crippen LogP contribution is -2.03. The SMILES string of the molecule is c1ccc(-c2ccc(-c3nc(-n4c5ccccc5c5c6c(ccn6-c6ccccc6)c6c7ccccc7sc6c54)nc4ccccc34)cc2)cc1. The molecule has 0 saturated heterocycles. The molecule has 7 aromatic carbocycles. The van der Waals surface area contributed by atoms with Crippen molar-refractivity contribution in [1.82, 2.24) is 19.1 Å². The van der Waals surface area contributed by atoms with Crippen molar-refractivity contribution in [3.8, 4) is 34.0 Å². The molecule has 5 heteroatoms. The maximum Gasteiger partial charge on any atom is 0.235 e. The number of hydrogen-bond donors (Lipinski definition) is 0. The summed E-state index contributed by atoms with van der Waals surface area (Å²) >= 11 is 1.85. The molecule has 0 fully saturated rings. The summed E-state index contributed by atoms with van der Waals surface area (Å²) in [5.41, 5.74) is 9.81. The molecule has 0 aliphatic heterocycles. The predicted molar refractivity (Wildman–Crippen MR) is 214 cm³/mol. The summed E-state index contributed by atoms with van der Waals surface area (Å²) in [6.45, 7) is 0. The van der Waals surface area contributed by atoms with Crippen LogP contribution in [0.1, 0.15) is 0 Å². The molecule has 4 nitrogen and oxygen atoms in total. The van der Waals surface area contributed by atoms with E-state index in [0.29, 0.717) is 5.95 Å². The Morgan fingerprint density at radius 2 is 1.10 bits per heavy atom. The van der Waals surface area contributed by atoms with Gasteiger partial charge < -0.3 is 4.57 Å². The summed E-state index contributed by atoms with van der Waals surface area (Å²) < 4.78 is 7.18. The highest BCUT2D eigenvalue weighted by Crippen LogP contribution is 2.48. The van der Waals surface area contributed by atoms with Crippen LogP contribution >= 0.6 is 11.3 Å². The van der Waals surface area contributed by atoms with Crippen molar-refractivity contribution in [3.63, 3.8) is 0 Å². The first kappa shape index (κ1) is 28.3. The Hall–Kier alpha value is -6.56. The van der Waals surface area contributed by atoms with Gasteiger partial charge in [0.15, 0.2) is 0 Å². The normalized spacial score (nSPS) is 11.9. The van der Waals surface area contributed by atoms with E-state index in [4.69, 9.17) is 9.97 Å². The molecule has 0 atom stereocenters. The van der Waals surface area contributed by atoms with Gasteiger partial charge in [0.2, 0.25) is 5.95 Å². The van der Waals surface area contributed by atoms with E-state index in [1.54, 1.807) is 0 Å². The summed E-state index contributed by atoms with van der Waals surface area (Å²) in [5.74, 6) is 0.665. The van der Waals surface area contributed by atoms with Gasteiger partial charge >= 0.3 is 0 Å². The Bertz CT molecular complexity index is 3120. The minimum absolute atomic E-state index is 0.665. The highest BCUT2D eigenvalue weighted by Gasteiger charge is 2.25. The Labute approximate surface area is 297 Å². The van der Waals surface area contributed by atoms with Crippen LogP contribution < -0.4 is 0 Å². The number of hydrogen-bond acceptors (Lipinski definition) is 3. The first-order valence-electron chi connectivity index (χ1n) is 17.2. The van der Waals surface area contributed by atoms with Crippen LogP contribution in [0, 0.1) is 0 Å². The minimum atomic E-state index is 0.665. The highest BCUT2D eigenvalue weighted by atomic mass is 32.1. The summed E-state index contributed by atoms with van der Waals surface area (Å²) in [4.78, 5) is 10.8. The van der Waals surface area contributed by atoms with Crippen molar-refractivity contribution < 1.29 is 0 Å². The Balaban J connectivity index is 1.28. The van der Waals surface area contributed by atoms with Crippen molar-refractivity contribution in [2.75, 3.05) is 0 Å². The molecule has 0 unspecified atom stereocenters. The standard InChI is InChI=1S/C46H28N4S/c1-3-13-29(14-4-1)30-23-25-31(26-24-30)42-33-17-7-10-20-37(33)47-46(48-42)50-38-21-11-8-18-34(38)41-43-36(27-28-49(43)32-15-5-2-6-16-32)40-35-19-9-12-22-39(35)51-45(40)44(41)50/h1-28H. The van der Waals surface area contributed by atoms with Crippen molar-refractivity contribution in [1.29, 1.82) is 0 Å². The number of nitrogens with zero attached hydrogens (tertiary/aromatic N) is 4. The molecular formula is C46H28N4S. The lowest BCUT2D eigenvalue weighted by atomic mass is 10.0. The molecule has 4 heterocycles. The molecule has 0 aliphatic rings. The van der Waals surface area contributed by atoms with Gasteiger partial charge in [-0.05, 0) is 47.5 Å². The molecule has 0 aliphatic carbocycles. The molecule has 0 N–H and O–H groups in total. The van der Waals surface area contributed by atoms with Gasteiger partial charge in [0, 0.05) is 54.5 Å². The first-order valence-corrected chi connectivity index (χ1v) is 18.0. The molecular weight excluding hydrogens is 641 g/mol. The second kappa shape index (κ2) is 11.0. The van der Waals surface area contributed by atoms with Gasteiger partial charge in [0.05, 0.1) is 32.5 Å². The van der Waals surface area contributed by atoms with Crippen LogP contribution in [0.5, 0.6) is 0 Å². The van der Waals surface area contributed by atoms with Crippen molar-refractivity contribution >= 4 is 75.1 Å². The van der Waals surface area contributed by atoms with Gasteiger partial charge in [0.1, 0.15) is 0 Å². The summed E-state index contributed by atoms with van der Waals surface area (Å²) in [5, 5.41) is 7.21. The summed E-state index contributed by atoms with van der Waals surface area (Å²) in [6, 6.07) is 58.1. The van der Waals surface area contributed by atoms with Crippen LogP contribution in [0.3, 0.4) is 0 Å². The average Bonchev–Trinajstić information content (AvgIpc) is 3.90. The second-order valence-corrected chi connectivity index (χ2v) is 14.0. The molecule has 51 heavy (non-hydrogen) atoms. The van der Waals surface area contributed by atoms with E-state index in [0.717, 1.165) is 38.9 Å². The Kier molecular flexibility index (Phi) is 6.09. The maximum absolute atomic E-state index is 5.48. The van der Waals surface area contributed by atoms with E-state index < -0.39 is 0 Å². The van der Waals surface area contributed by atoms with E-state index in [2.05, 4.69) is 179 Å². The van der Waals surface area contributed by atoms with Crippen LogP contribution in [-0.4, -0.2) is 19.1 Å². The second-order valence-electron chi connectivity index (χ2n) is 13.0. The van der Waals surface area contributed by atoms with E-state index in [9.17, 15) is 0 Å². The number of aromatic nitrogens is 4. The van der Waals surface area contributed by atoms with Gasteiger partial charge in [-0.1, -0.05) is 127 Å². The van der Waals surface area contributed by atoms with Crippen molar-refractivity contribution in [2.24, 2.45) is 0 Å². The lowest BCUT2D eigenvalue weighted by Gasteiger charge is -2.13. The van der Waals surface area contributed by atoms with E-state index >= 15 is 0 Å². The van der Waals surface area contributed by atoms with Crippen LogP contribution in [0.15, 0.2) is 170 Å². The average molecular weight is 669 g/mol. The molecule has 11 aromatic rings. The molecule has 0 radical (unpaired) electrons. The van der Waals surface area contributed by atoms with Crippen molar-refractivity contribution in [3.05, 3.63) is 170 Å². The molecule has 0 amide bonds. The molecule has 0 spiro atoms. The van der Waals surface area contributed by atoms with Crippen LogP contribution in [-0.2, 0) is 0 Å². The number of rotatable bonds is 4. The smallest absolute Gasteiger partial charge is 0.235 e. The number of benzene rings is 7. The van der Waals surface area contributed by atoms with Crippen molar-refractivity contribution in [2.45, 2.75) is 0 Å².